The number of hydrogen-bond donors (Lipinski definition) is 0. The van der Waals surface area contributed by atoms with Gasteiger partial charge in [0, 0.05) is 18.7 Å². The summed E-state index contributed by atoms with van der Waals surface area (Å²) in [5.41, 5.74) is 1.68. The summed E-state index contributed by atoms with van der Waals surface area (Å²) in [6.07, 6.45) is 1.47. The molecule has 2 rings (SSSR count). The molecule has 0 atom stereocenters. The Kier molecular flexibility index (Phi) is 4.71. The van der Waals surface area contributed by atoms with Gasteiger partial charge in [-0.05, 0) is 12.1 Å². The molecular weight excluding hydrogens is 270 g/mol. The minimum absolute atomic E-state index is 0.130. The first-order valence-electron chi connectivity index (χ1n) is 6.38. The topological polar surface area (TPSA) is 64.5 Å². The predicted molar refractivity (Wildman–Crippen MR) is 79.3 cm³/mol. The van der Waals surface area contributed by atoms with Gasteiger partial charge in [-0.2, -0.15) is 0 Å². The van der Waals surface area contributed by atoms with E-state index in [0.717, 1.165) is 17.0 Å². The molecule has 21 heavy (non-hydrogen) atoms. The highest BCUT2D eigenvalue weighted by atomic mass is 16.5. The van der Waals surface area contributed by atoms with Crippen molar-refractivity contribution in [2.45, 2.75) is 0 Å². The van der Waals surface area contributed by atoms with Crippen molar-refractivity contribution in [3.05, 3.63) is 36.7 Å². The van der Waals surface area contributed by atoms with Gasteiger partial charge in [0.15, 0.2) is 0 Å². The number of carbonyl (C=O) groups is 1. The summed E-state index contributed by atoms with van der Waals surface area (Å²) in [7, 11) is 4.75. The van der Waals surface area contributed by atoms with E-state index >= 15 is 0 Å². The highest BCUT2D eigenvalue weighted by molar-refractivity contribution is 5.75. The van der Waals surface area contributed by atoms with E-state index in [1.165, 1.54) is 13.4 Å². The average molecular weight is 287 g/mol. The molecule has 0 unspecified atom stereocenters. The van der Waals surface area contributed by atoms with Crippen LogP contribution in [0.25, 0.3) is 11.3 Å². The van der Waals surface area contributed by atoms with Gasteiger partial charge in [-0.15, -0.1) is 0 Å². The number of ether oxygens (including phenoxy) is 2. The van der Waals surface area contributed by atoms with Gasteiger partial charge in [0.05, 0.1) is 19.9 Å². The SMILES string of the molecule is COC(=O)CN(C)c1cc(-c2cccc(OC)c2)ncn1. The predicted octanol–water partition coefficient (Wildman–Crippen LogP) is 1.76. The van der Waals surface area contributed by atoms with E-state index in [9.17, 15) is 4.79 Å². The van der Waals surface area contributed by atoms with Crippen LogP contribution in [0.15, 0.2) is 36.7 Å². The normalized spacial score (nSPS) is 10.0. The zero-order valence-electron chi connectivity index (χ0n) is 12.2. The Labute approximate surface area is 123 Å². The van der Waals surface area contributed by atoms with E-state index in [1.54, 1.807) is 19.1 Å². The largest absolute Gasteiger partial charge is 0.497 e. The van der Waals surface area contributed by atoms with Crippen LogP contribution in [0.2, 0.25) is 0 Å². The van der Waals surface area contributed by atoms with Gasteiger partial charge in [0.2, 0.25) is 0 Å². The molecule has 0 amide bonds. The first-order valence-corrected chi connectivity index (χ1v) is 6.38. The highest BCUT2D eigenvalue weighted by Gasteiger charge is 2.10. The molecule has 6 heteroatoms. The number of anilines is 1. The number of rotatable bonds is 5. The van der Waals surface area contributed by atoms with Gasteiger partial charge < -0.3 is 14.4 Å². The second-order valence-corrected chi connectivity index (χ2v) is 4.43. The summed E-state index contributed by atoms with van der Waals surface area (Å²) in [6.45, 7) is 0.130. The van der Waals surface area contributed by atoms with E-state index in [4.69, 9.17) is 4.74 Å². The van der Waals surface area contributed by atoms with Crippen LogP contribution in [0.1, 0.15) is 0 Å². The van der Waals surface area contributed by atoms with Crippen LogP contribution >= 0.6 is 0 Å². The molecule has 0 aliphatic rings. The number of likely N-dealkylation sites (N-methyl/N-ethyl adjacent to an activating group) is 1. The maximum Gasteiger partial charge on any atom is 0.325 e. The second-order valence-electron chi connectivity index (χ2n) is 4.43. The minimum Gasteiger partial charge on any atom is -0.497 e. The maximum absolute atomic E-state index is 11.3. The number of benzene rings is 1. The summed E-state index contributed by atoms with van der Waals surface area (Å²) < 4.78 is 9.85. The molecule has 1 heterocycles. The Morgan fingerprint density at radius 3 is 2.76 bits per heavy atom. The first kappa shape index (κ1) is 14.8. The molecule has 0 bridgehead atoms. The van der Waals surface area contributed by atoms with E-state index in [0.29, 0.717) is 5.82 Å². The number of carbonyl (C=O) groups excluding carboxylic acids is 1. The Balaban J connectivity index is 2.26. The molecule has 0 fully saturated rings. The Morgan fingerprint density at radius 1 is 1.24 bits per heavy atom. The van der Waals surface area contributed by atoms with E-state index in [1.807, 2.05) is 30.3 Å². The van der Waals surface area contributed by atoms with Crippen LogP contribution < -0.4 is 9.64 Å². The number of hydrogen-bond acceptors (Lipinski definition) is 6. The monoisotopic (exact) mass is 287 g/mol. The summed E-state index contributed by atoms with van der Waals surface area (Å²) in [5, 5.41) is 0. The third kappa shape index (κ3) is 3.68. The summed E-state index contributed by atoms with van der Waals surface area (Å²) in [6, 6.07) is 9.42. The quantitative estimate of drug-likeness (QED) is 0.781. The number of aromatic nitrogens is 2. The second kappa shape index (κ2) is 6.69. The van der Waals surface area contributed by atoms with Crippen LogP contribution in [0.5, 0.6) is 5.75 Å². The number of methoxy groups -OCH3 is 2. The van der Waals surface area contributed by atoms with Crippen LogP contribution in [0.4, 0.5) is 5.82 Å². The van der Waals surface area contributed by atoms with Crippen molar-refractivity contribution in [1.82, 2.24) is 9.97 Å². The lowest BCUT2D eigenvalue weighted by atomic mass is 10.1. The van der Waals surface area contributed by atoms with Crippen LogP contribution in [0.3, 0.4) is 0 Å². The molecular formula is C15H17N3O3. The van der Waals surface area contributed by atoms with Gasteiger partial charge in [0.1, 0.15) is 24.4 Å². The van der Waals surface area contributed by atoms with E-state index < -0.39 is 0 Å². The third-order valence-electron chi connectivity index (χ3n) is 3.00. The molecule has 1 aromatic heterocycles. The molecule has 0 N–H and O–H groups in total. The first-order chi connectivity index (χ1) is 10.1. The fourth-order valence-corrected chi connectivity index (χ4v) is 1.84. The maximum atomic E-state index is 11.3. The van der Waals surface area contributed by atoms with Crippen molar-refractivity contribution in [1.29, 1.82) is 0 Å². The van der Waals surface area contributed by atoms with Crippen molar-refractivity contribution in [2.24, 2.45) is 0 Å². The third-order valence-corrected chi connectivity index (χ3v) is 3.00. The van der Waals surface area contributed by atoms with Crippen LogP contribution in [-0.2, 0) is 9.53 Å². The van der Waals surface area contributed by atoms with Crippen LogP contribution in [0, 0.1) is 0 Å². The van der Waals surface area contributed by atoms with Gasteiger partial charge in [-0.25, -0.2) is 9.97 Å². The smallest absolute Gasteiger partial charge is 0.325 e. The van der Waals surface area contributed by atoms with Gasteiger partial charge in [-0.3, -0.25) is 4.79 Å². The zero-order chi connectivity index (χ0) is 15.2. The molecule has 0 spiro atoms. The lowest BCUT2D eigenvalue weighted by Gasteiger charge is -2.16. The number of esters is 1. The fourth-order valence-electron chi connectivity index (χ4n) is 1.84. The molecule has 0 saturated heterocycles. The highest BCUT2D eigenvalue weighted by Crippen LogP contribution is 2.23. The molecule has 110 valence electrons. The Hall–Kier alpha value is -2.63. The van der Waals surface area contributed by atoms with Gasteiger partial charge in [0.25, 0.3) is 0 Å². The lowest BCUT2D eigenvalue weighted by Crippen LogP contribution is -2.27. The summed E-state index contributed by atoms with van der Waals surface area (Å²) >= 11 is 0. The molecule has 1 aromatic carbocycles. The molecule has 0 aliphatic heterocycles. The fraction of sp³-hybridized carbons (Fsp3) is 0.267. The summed E-state index contributed by atoms with van der Waals surface area (Å²) in [4.78, 5) is 21.4. The molecule has 6 nitrogen and oxygen atoms in total. The molecule has 0 radical (unpaired) electrons. The van der Waals surface area contributed by atoms with Crippen molar-refractivity contribution in [3.8, 4) is 17.0 Å². The van der Waals surface area contributed by atoms with E-state index in [-0.39, 0.29) is 12.5 Å². The molecule has 0 saturated carbocycles. The van der Waals surface area contributed by atoms with E-state index in [2.05, 4.69) is 14.7 Å². The summed E-state index contributed by atoms with van der Waals surface area (Å²) in [5.74, 6) is 1.09. The molecule has 0 aliphatic carbocycles. The average Bonchev–Trinajstić information content (AvgIpc) is 2.54. The van der Waals surface area contributed by atoms with Gasteiger partial charge >= 0.3 is 5.97 Å². The van der Waals surface area contributed by atoms with Crippen molar-refractivity contribution >= 4 is 11.8 Å². The van der Waals surface area contributed by atoms with Crippen LogP contribution in [-0.4, -0.2) is 43.7 Å². The van der Waals surface area contributed by atoms with Crippen molar-refractivity contribution in [3.63, 3.8) is 0 Å². The standard InChI is InChI=1S/C15H17N3O3/c1-18(9-15(19)21-3)14-8-13(16-10-17-14)11-5-4-6-12(7-11)20-2/h4-8,10H,9H2,1-3H3. The Morgan fingerprint density at radius 2 is 2.05 bits per heavy atom. The lowest BCUT2D eigenvalue weighted by molar-refractivity contribution is -0.138. The van der Waals surface area contributed by atoms with Crippen molar-refractivity contribution in [2.75, 3.05) is 32.7 Å². The van der Waals surface area contributed by atoms with Gasteiger partial charge in [-0.1, -0.05) is 12.1 Å². The Bertz CT molecular complexity index is 631. The zero-order valence-corrected chi connectivity index (χ0v) is 12.2. The number of nitrogens with zero attached hydrogens (tertiary/aromatic N) is 3. The molecule has 2 aromatic rings. The van der Waals surface area contributed by atoms with Crippen molar-refractivity contribution < 1.29 is 14.3 Å². The minimum atomic E-state index is -0.320.